The van der Waals surface area contributed by atoms with Crippen LogP contribution in [0.15, 0.2) is 73.1 Å². The van der Waals surface area contributed by atoms with E-state index in [0.717, 1.165) is 29.6 Å². The molecule has 26 heavy (non-hydrogen) atoms. The van der Waals surface area contributed by atoms with Gasteiger partial charge in [-0.05, 0) is 23.6 Å². The number of aromatic nitrogens is 1. The van der Waals surface area contributed by atoms with E-state index in [-0.39, 0.29) is 25.8 Å². The standard InChI is InChI=1S/C11H8N.C9H6F2N2.Ir/c1-2-6-10(7-3-1)11-8-4-5-9-12-11;10-7-2-3-9(8(11)6-7)13-5-1-4-12;/h1-6,8-9H;1-2,4-6,13H;/q-1;-2;+3/b;5-1-;. The van der Waals surface area contributed by atoms with Gasteiger partial charge < -0.3 is 15.7 Å². The quantitative estimate of drug-likeness (QED) is 0.389. The van der Waals surface area contributed by atoms with Crippen molar-refractivity contribution in [2.24, 2.45) is 0 Å². The first-order valence-electron chi connectivity index (χ1n) is 7.34. The van der Waals surface area contributed by atoms with Crippen LogP contribution in [-0.4, -0.2) is 11.2 Å². The summed E-state index contributed by atoms with van der Waals surface area (Å²) in [6.07, 6.45) is 5.13. The molecule has 0 spiro atoms. The van der Waals surface area contributed by atoms with Crippen molar-refractivity contribution in [3.8, 4) is 11.3 Å². The molecule has 0 bridgehead atoms. The minimum Gasteiger partial charge on any atom is -0.811 e. The van der Waals surface area contributed by atoms with Crippen LogP contribution in [0.25, 0.3) is 16.7 Å². The molecule has 0 aliphatic heterocycles. The zero-order valence-electron chi connectivity index (χ0n) is 13.5. The Morgan fingerprint density at radius 2 is 1.88 bits per heavy atom. The summed E-state index contributed by atoms with van der Waals surface area (Å²) < 4.78 is 25.2. The Labute approximate surface area is 164 Å². The van der Waals surface area contributed by atoms with Crippen molar-refractivity contribution in [3.63, 3.8) is 0 Å². The Morgan fingerprint density at radius 3 is 2.50 bits per heavy atom. The van der Waals surface area contributed by atoms with Gasteiger partial charge in [-0.2, -0.15) is 12.3 Å². The van der Waals surface area contributed by atoms with Gasteiger partial charge in [0.05, 0.1) is 0 Å². The van der Waals surface area contributed by atoms with Crippen LogP contribution >= 0.6 is 0 Å². The zero-order valence-corrected chi connectivity index (χ0v) is 15.9. The van der Waals surface area contributed by atoms with Crippen LogP contribution in [0.3, 0.4) is 0 Å². The molecular formula is C20H14F2IrN3. The molecule has 2 aromatic carbocycles. The van der Waals surface area contributed by atoms with Crippen molar-refractivity contribution in [3.05, 3.63) is 102 Å². The van der Waals surface area contributed by atoms with Gasteiger partial charge in [0.25, 0.3) is 0 Å². The van der Waals surface area contributed by atoms with Crippen LogP contribution in [-0.2, 0) is 20.1 Å². The normalized spacial score (nSPS) is 9.62. The van der Waals surface area contributed by atoms with Crippen LogP contribution in [0.1, 0.15) is 0 Å². The predicted molar refractivity (Wildman–Crippen MR) is 95.9 cm³/mol. The first kappa shape index (κ1) is 21.4. The van der Waals surface area contributed by atoms with E-state index >= 15 is 0 Å². The zero-order chi connectivity index (χ0) is 17.9. The van der Waals surface area contributed by atoms with Crippen LogP contribution in [0, 0.1) is 23.8 Å². The molecule has 0 aliphatic carbocycles. The van der Waals surface area contributed by atoms with Crippen molar-refractivity contribution in [2.75, 3.05) is 5.32 Å². The second kappa shape index (κ2) is 11.8. The molecule has 0 radical (unpaired) electrons. The first-order chi connectivity index (χ1) is 12.2. The summed E-state index contributed by atoms with van der Waals surface area (Å²) in [6.45, 7) is 0. The molecule has 3 nitrogen and oxygen atoms in total. The summed E-state index contributed by atoms with van der Waals surface area (Å²) in [5.41, 5.74) is 2.04. The third-order valence-corrected chi connectivity index (χ3v) is 2.92. The fraction of sp³-hybridized carbons (Fsp3) is 0. The number of nitrogens with one attached hydrogen (secondary N) is 1. The molecule has 1 heterocycles. The topological polar surface area (TPSA) is 47.2 Å². The Balaban J connectivity index is 0.000000251. The number of hydrogen-bond donors (Lipinski definition) is 1. The van der Waals surface area contributed by atoms with Crippen molar-refractivity contribution in [2.45, 2.75) is 0 Å². The second-order valence-corrected chi connectivity index (χ2v) is 4.68. The van der Waals surface area contributed by atoms with E-state index < -0.39 is 11.6 Å². The molecule has 0 unspecified atom stereocenters. The molecule has 0 fully saturated rings. The maximum atomic E-state index is 12.8. The van der Waals surface area contributed by atoms with Crippen molar-refractivity contribution < 1.29 is 28.9 Å². The number of halogens is 2. The third-order valence-electron chi connectivity index (χ3n) is 2.92. The minimum atomic E-state index is -0.734. The van der Waals surface area contributed by atoms with Crippen LogP contribution in [0.2, 0.25) is 0 Å². The fourth-order valence-electron chi connectivity index (χ4n) is 1.80. The van der Waals surface area contributed by atoms with Crippen LogP contribution in [0.5, 0.6) is 0 Å². The molecule has 0 saturated carbocycles. The van der Waals surface area contributed by atoms with Gasteiger partial charge in [-0.25, -0.2) is 0 Å². The van der Waals surface area contributed by atoms with Gasteiger partial charge in [0.1, 0.15) is 0 Å². The number of allylic oxidation sites excluding steroid dienone is 1. The van der Waals surface area contributed by atoms with E-state index in [9.17, 15) is 8.78 Å². The number of benzene rings is 2. The average molecular weight is 527 g/mol. The first-order valence-corrected chi connectivity index (χ1v) is 7.34. The van der Waals surface area contributed by atoms with Gasteiger partial charge in [0.15, 0.2) is 0 Å². The summed E-state index contributed by atoms with van der Waals surface area (Å²) in [7, 11) is 0. The summed E-state index contributed by atoms with van der Waals surface area (Å²) in [5.74, 6) is -1.41. The summed E-state index contributed by atoms with van der Waals surface area (Å²) in [6, 6.07) is 20.9. The molecule has 0 aliphatic rings. The molecule has 0 saturated heterocycles. The summed E-state index contributed by atoms with van der Waals surface area (Å²) in [5, 5.41) is 10.7. The van der Waals surface area contributed by atoms with E-state index in [1.54, 1.807) is 6.20 Å². The molecule has 6 heteroatoms. The second-order valence-electron chi connectivity index (χ2n) is 4.68. The van der Waals surface area contributed by atoms with E-state index in [1.807, 2.05) is 42.5 Å². The molecule has 3 aromatic rings. The van der Waals surface area contributed by atoms with Gasteiger partial charge in [-0.3, -0.25) is 8.78 Å². The molecule has 1 aromatic heterocycles. The Hall–Kier alpha value is -2.69. The number of pyridine rings is 1. The molecule has 1 N–H and O–H groups in total. The van der Waals surface area contributed by atoms with Gasteiger partial charge in [-0.15, -0.1) is 48.0 Å². The van der Waals surface area contributed by atoms with Gasteiger partial charge in [0.2, 0.25) is 0 Å². The Morgan fingerprint density at radius 1 is 1.08 bits per heavy atom. The Kier molecular flexibility index (Phi) is 9.68. The SMILES string of the molecule is [Ir+3].[N-]=C/C=C\Nc1[c-]cc(F)cc1F.[c-]1ccccc1-c1ccccn1. The van der Waals surface area contributed by atoms with Gasteiger partial charge in [-0.1, -0.05) is 18.2 Å². The summed E-state index contributed by atoms with van der Waals surface area (Å²) in [4.78, 5) is 4.22. The maximum absolute atomic E-state index is 12.8. The minimum absolute atomic E-state index is 0. The monoisotopic (exact) mass is 527 g/mol. The summed E-state index contributed by atoms with van der Waals surface area (Å²) >= 11 is 0. The van der Waals surface area contributed by atoms with Crippen molar-refractivity contribution in [1.82, 2.24) is 4.98 Å². The third kappa shape index (κ3) is 7.05. The van der Waals surface area contributed by atoms with Crippen LogP contribution in [0.4, 0.5) is 14.5 Å². The Bertz CT molecular complexity index is 787. The molecule has 0 atom stereocenters. The molecule has 0 amide bonds. The maximum Gasteiger partial charge on any atom is 3.00 e. The average Bonchev–Trinajstić information content (AvgIpc) is 2.66. The smallest absolute Gasteiger partial charge is 0.811 e. The largest absolute Gasteiger partial charge is 3.00 e. The van der Waals surface area contributed by atoms with E-state index in [2.05, 4.69) is 22.4 Å². The fourth-order valence-corrected chi connectivity index (χ4v) is 1.80. The number of hydrogen-bond acceptors (Lipinski definition) is 2. The van der Waals surface area contributed by atoms with E-state index in [1.165, 1.54) is 12.3 Å². The predicted octanol–water partition coefficient (Wildman–Crippen LogP) is 4.88. The van der Waals surface area contributed by atoms with E-state index in [4.69, 9.17) is 5.41 Å². The molecular weight excluding hydrogens is 512 g/mol. The van der Waals surface area contributed by atoms with Gasteiger partial charge >= 0.3 is 20.1 Å². The number of rotatable bonds is 4. The van der Waals surface area contributed by atoms with Crippen molar-refractivity contribution in [1.29, 1.82) is 0 Å². The molecule has 3 rings (SSSR count). The van der Waals surface area contributed by atoms with Crippen LogP contribution < -0.4 is 5.32 Å². The van der Waals surface area contributed by atoms with Gasteiger partial charge in [0, 0.05) is 17.8 Å². The number of anilines is 1. The molecule has 132 valence electrons. The van der Waals surface area contributed by atoms with E-state index in [0.29, 0.717) is 0 Å². The van der Waals surface area contributed by atoms with Crippen molar-refractivity contribution >= 4 is 11.9 Å². The number of nitrogens with zero attached hydrogens (tertiary/aromatic N) is 2.